The summed E-state index contributed by atoms with van der Waals surface area (Å²) in [7, 11) is 0. The second kappa shape index (κ2) is 4.35. The van der Waals surface area contributed by atoms with Crippen LogP contribution in [0, 0.1) is 0 Å². The van der Waals surface area contributed by atoms with Crippen LogP contribution in [0.25, 0.3) is 0 Å². The van der Waals surface area contributed by atoms with Crippen LogP contribution in [0.3, 0.4) is 0 Å². The Balaban J connectivity index is 1.63. The molecule has 0 amide bonds. The Hall–Kier alpha value is -1.88. The number of ether oxygens (including phenoxy) is 1. The largest absolute Gasteiger partial charge is 0.492 e. The minimum Gasteiger partial charge on any atom is -0.492 e. The fourth-order valence-corrected chi connectivity index (χ4v) is 2.80. The first kappa shape index (κ1) is 11.0. The number of fused-ring (bicyclic) bond motifs is 1. The molecule has 0 radical (unpaired) electrons. The molecule has 5 nitrogen and oxygen atoms in total. The fraction of sp³-hybridized carbons (Fsp3) is 0.429. The summed E-state index contributed by atoms with van der Waals surface area (Å²) in [5, 5.41) is 7.49. The Morgan fingerprint density at radius 3 is 3.11 bits per heavy atom. The van der Waals surface area contributed by atoms with Crippen LogP contribution in [0.1, 0.15) is 42.1 Å². The molecule has 2 aliphatic rings. The summed E-state index contributed by atoms with van der Waals surface area (Å²) in [5.74, 6) is 2.43. The molecule has 0 spiro atoms. The summed E-state index contributed by atoms with van der Waals surface area (Å²) in [6.45, 7) is 1.61. The maximum Gasteiger partial charge on any atom is 0.237 e. The third-order valence-corrected chi connectivity index (χ3v) is 3.83. The molecular weight excluding hydrogens is 242 g/mol. The van der Waals surface area contributed by atoms with Gasteiger partial charge in [0.2, 0.25) is 5.89 Å². The van der Waals surface area contributed by atoms with Gasteiger partial charge in [-0.3, -0.25) is 0 Å². The van der Waals surface area contributed by atoms with Gasteiger partial charge in [0.05, 0.1) is 6.04 Å². The van der Waals surface area contributed by atoms with Crippen LogP contribution in [-0.4, -0.2) is 23.3 Å². The zero-order valence-corrected chi connectivity index (χ0v) is 10.5. The molecule has 1 N–H and O–H groups in total. The first-order chi connectivity index (χ1) is 9.42. The van der Waals surface area contributed by atoms with E-state index in [1.54, 1.807) is 0 Å². The van der Waals surface area contributed by atoms with Crippen LogP contribution in [0.4, 0.5) is 0 Å². The molecule has 2 unspecified atom stereocenters. The van der Waals surface area contributed by atoms with E-state index in [2.05, 4.69) is 21.5 Å². The monoisotopic (exact) mass is 257 g/mol. The van der Waals surface area contributed by atoms with Crippen LogP contribution < -0.4 is 10.1 Å². The normalized spacial score (nSPS) is 25.3. The second-order valence-corrected chi connectivity index (χ2v) is 5.04. The van der Waals surface area contributed by atoms with Crippen molar-refractivity contribution in [3.05, 3.63) is 41.5 Å². The Morgan fingerprint density at radius 1 is 1.26 bits per heavy atom. The number of para-hydroxylation sites is 1. The molecule has 1 aromatic heterocycles. The van der Waals surface area contributed by atoms with Crippen molar-refractivity contribution in [1.29, 1.82) is 0 Å². The van der Waals surface area contributed by atoms with E-state index < -0.39 is 0 Å². The van der Waals surface area contributed by atoms with Gasteiger partial charge in [0.15, 0.2) is 5.82 Å². The van der Waals surface area contributed by atoms with E-state index in [4.69, 9.17) is 9.26 Å². The molecule has 1 aromatic carbocycles. The standard InChI is InChI=1S/C14H15N3O2/c1-2-6-12-9(4-1)10(8-18-12)14-16-13(17-19-14)11-5-3-7-15-11/h1-2,4,6,10-11,15H,3,5,7-8H2. The molecule has 19 heavy (non-hydrogen) atoms. The highest BCUT2D eigenvalue weighted by atomic mass is 16.5. The first-order valence-corrected chi connectivity index (χ1v) is 6.70. The second-order valence-electron chi connectivity index (χ2n) is 5.04. The van der Waals surface area contributed by atoms with E-state index in [1.165, 1.54) is 6.42 Å². The molecular formula is C14H15N3O2. The minimum absolute atomic E-state index is 0.0684. The predicted octanol–water partition coefficient (Wildman–Crippen LogP) is 2.02. The maximum atomic E-state index is 5.66. The fourth-order valence-electron chi connectivity index (χ4n) is 2.80. The number of hydrogen-bond acceptors (Lipinski definition) is 5. The molecule has 4 rings (SSSR count). The molecule has 2 aromatic rings. The molecule has 2 aliphatic heterocycles. The number of rotatable bonds is 2. The van der Waals surface area contributed by atoms with E-state index in [0.29, 0.717) is 12.5 Å². The number of benzene rings is 1. The number of aromatic nitrogens is 2. The smallest absolute Gasteiger partial charge is 0.237 e. The van der Waals surface area contributed by atoms with Gasteiger partial charge in [-0.15, -0.1) is 0 Å². The lowest BCUT2D eigenvalue weighted by Crippen LogP contribution is -2.14. The van der Waals surface area contributed by atoms with Crippen molar-refractivity contribution in [2.45, 2.75) is 24.8 Å². The van der Waals surface area contributed by atoms with Gasteiger partial charge in [-0.1, -0.05) is 23.4 Å². The van der Waals surface area contributed by atoms with E-state index in [1.807, 2.05) is 18.2 Å². The summed E-state index contributed by atoms with van der Waals surface area (Å²) in [6.07, 6.45) is 2.25. The number of nitrogens with one attached hydrogen (secondary N) is 1. The average Bonchev–Trinajstić information content (AvgIpc) is 3.18. The molecule has 98 valence electrons. The van der Waals surface area contributed by atoms with Gasteiger partial charge in [0.1, 0.15) is 18.3 Å². The molecule has 2 atom stereocenters. The number of hydrogen-bond donors (Lipinski definition) is 1. The molecule has 1 saturated heterocycles. The first-order valence-electron chi connectivity index (χ1n) is 6.70. The lowest BCUT2D eigenvalue weighted by molar-refractivity contribution is 0.303. The summed E-state index contributed by atoms with van der Waals surface area (Å²) >= 11 is 0. The van der Waals surface area contributed by atoms with Gasteiger partial charge in [-0.2, -0.15) is 4.98 Å². The quantitative estimate of drug-likeness (QED) is 0.891. The van der Waals surface area contributed by atoms with Gasteiger partial charge in [0.25, 0.3) is 0 Å². The van der Waals surface area contributed by atoms with Crippen molar-refractivity contribution in [3.8, 4) is 5.75 Å². The highest BCUT2D eigenvalue weighted by Crippen LogP contribution is 2.37. The predicted molar refractivity (Wildman–Crippen MR) is 68.1 cm³/mol. The van der Waals surface area contributed by atoms with Crippen LogP contribution >= 0.6 is 0 Å². The van der Waals surface area contributed by atoms with Gasteiger partial charge in [0, 0.05) is 5.56 Å². The highest BCUT2D eigenvalue weighted by molar-refractivity contribution is 5.42. The van der Waals surface area contributed by atoms with E-state index in [9.17, 15) is 0 Å². The van der Waals surface area contributed by atoms with Gasteiger partial charge >= 0.3 is 0 Å². The molecule has 3 heterocycles. The molecule has 0 bridgehead atoms. The topological polar surface area (TPSA) is 60.2 Å². The van der Waals surface area contributed by atoms with Crippen LogP contribution in [-0.2, 0) is 0 Å². The number of nitrogens with zero attached hydrogens (tertiary/aromatic N) is 2. The summed E-state index contributed by atoms with van der Waals surface area (Å²) in [5.41, 5.74) is 1.14. The molecule has 5 heteroatoms. The third-order valence-electron chi connectivity index (χ3n) is 3.83. The van der Waals surface area contributed by atoms with E-state index in [0.717, 1.165) is 30.1 Å². The maximum absolute atomic E-state index is 5.66. The van der Waals surface area contributed by atoms with Gasteiger partial charge < -0.3 is 14.6 Å². The van der Waals surface area contributed by atoms with Crippen LogP contribution in [0.15, 0.2) is 28.8 Å². The van der Waals surface area contributed by atoms with E-state index >= 15 is 0 Å². The van der Waals surface area contributed by atoms with Crippen molar-refractivity contribution in [3.63, 3.8) is 0 Å². The molecule has 1 fully saturated rings. The van der Waals surface area contributed by atoms with E-state index in [-0.39, 0.29) is 12.0 Å². The highest BCUT2D eigenvalue weighted by Gasteiger charge is 2.31. The van der Waals surface area contributed by atoms with Crippen molar-refractivity contribution in [1.82, 2.24) is 15.5 Å². The summed E-state index contributed by atoms with van der Waals surface area (Å²) < 4.78 is 11.1. The Morgan fingerprint density at radius 2 is 2.21 bits per heavy atom. The molecule has 0 aliphatic carbocycles. The van der Waals surface area contributed by atoms with Gasteiger partial charge in [-0.05, 0) is 25.5 Å². The van der Waals surface area contributed by atoms with Crippen molar-refractivity contribution in [2.24, 2.45) is 0 Å². The Labute approximate surface area is 111 Å². The third kappa shape index (κ3) is 1.81. The summed E-state index contributed by atoms with van der Waals surface area (Å²) in [4.78, 5) is 4.55. The minimum atomic E-state index is 0.0684. The Kier molecular flexibility index (Phi) is 2.51. The van der Waals surface area contributed by atoms with Crippen LogP contribution in [0.2, 0.25) is 0 Å². The Bertz CT molecular complexity index is 590. The van der Waals surface area contributed by atoms with Crippen LogP contribution in [0.5, 0.6) is 5.75 Å². The zero-order valence-electron chi connectivity index (χ0n) is 10.5. The lowest BCUT2D eigenvalue weighted by Gasteiger charge is -2.03. The van der Waals surface area contributed by atoms with Crippen molar-refractivity contribution < 1.29 is 9.26 Å². The average molecular weight is 257 g/mol. The SMILES string of the molecule is c1ccc2c(c1)OCC2c1nc(C2CCCN2)no1. The molecule has 0 saturated carbocycles. The lowest BCUT2D eigenvalue weighted by atomic mass is 10.0. The van der Waals surface area contributed by atoms with Gasteiger partial charge in [-0.25, -0.2) is 0 Å². The van der Waals surface area contributed by atoms with Crippen molar-refractivity contribution in [2.75, 3.05) is 13.2 Å². The van der Waals surface area contributed by atoms with Crippen molar-refractivity contribution >= 4 is 0 Å². The summed E-state index contributed by atoms with van der Waals surface area (Å²) in [6, 6.07) is 8.27. The zero-order chi connectivity index (χ0) is 12.7.